The molecule has 10 heteroatoms. The molecule has 19 heavy (non-hydrogen) atoms. The number of primary sulfonamides is 1. The number of nitrogens with one attached hydrogen (secondary N) is 1. The normalized spacial score (nSPS) is 11.1. The van der Waals surface area contributed by atoms with Crippen LogP contribution >= 0.6 is 15.9 Å². The Bertz CT molecular complexity index is 616. The van der Waals surface area contributed by atoms with Gasteiger partial charge in [0.15, 0.2) is 0 Å². The van der Waals surface area contributed by atoms with Gasteiger partial charge in [-0.3, -0.25) is 14.9 Å². The molecular weight excluding hydrogens is 342 g/mol. The highest BCUT2D eigenvalue weighted by molar-refractivity contribution is 9.10. The van der Waals surface area contributed by atoms with Crippen LogP contribution in [0.15, 0.2) is 22.7 Å². The smallest absolute Gasteiger partial charge is 0.284 e. The Kier molecular flexibility index (Phi) is 4.97. The number of nitrogens with two attached hydrogens (primary N) is 1. The van der Waals surface area contributed by atoms with Crippen LogP contribution < -0.4 is 10.5 Å². The molecule has 0 fully saturated rings. The first-order valence-corrected chi connectivity index (χ1v) is 7.45. The summed E-state index contributed by atoms with van der Waals surface area (Å²) in [6.07, 6.45) is 0. The summed E-state index contributed by atoms with van der Waals surface area (Å²) in [4.78, 5) is 21.8. The van der Waals surface area contributed by atoms with E-state index in [0.717, 1.165) is 0 Å². The highest BCUT2D eigenvalue weighted by Gasteiger charge is 2.19. The molecule has 1 aromatic rings. The van der Waals surface area contributed by atoms with Crippen LogP contribution in [-0.2, 0) is 10.0 Å². The van der Waals surface area contributed by atoms with Crippen molar-refractivity contribution in [3.63, 3.8) is 0 Å². The number of nitro benzene ring substituents is 1. The van der Waals surface area contributed by atoms with E-state index in [1.54, 1.807) is 0 Å². The number of hydrogen-bond acceptors (Lipinski definition) is 5. The molecule has 1 rings (SSSR count). The largest absolute Gasteiger partial charge is 0.351 e. The topological polar surface area (TPSA) is 132 Å². The molecule has 104 valence electrons. The fraction of sp³-hybridized carbons (Fsp3) is 0.222. The van der Waals surface area contributed by atoms with Crippen LogP contribution in [0.25, 0.3) is 0 Å². The summed E-state index contributed by atoms with van der Waals surface area (Å²) in [5.41, 5.74) is -0.206. The second-order valence-corrected chi connectivity index (χ2v) is 6.05. The zero-order valence-electron chi connectivity index (χ0n) is 9.50. The molecule has 0 atom stereocenters. The maximum absolute atomic E-state index is 11.7. The minimum Gasteiger partial charge on any atom is -0.351 e. The number of amides is 1. The molecule has 0 aliphatic rings. The van der Waals surface area contributed by atoms with Crippen LogP contribution in [0.3, 0.4) is 0 Å². The first kappa shape index (κ1) is 15.5. The Morgan fingerprint density at radius 3 is 2.63 bits per heavy atom. The fourth-order valence-corrected chi connectivity index (χ4v) is 2.21. The van der Waals surface area contributed by atoms with Gasteiger partial charge in [-0.05, 0) is 22.0 Å². The van der Waals surface area contributed by atoms with Crippen molar-refractivity contribution < 1.29 is 18.1 Å². The van der Waals surface area contributed by atoms with Gasteiger partial charge in [0.1, 0.15) is 4.47 Å². The molecular formula is C9H10BrN3O5S. The van der Waals surface area contributed by atoms with Crippen molar-refractivity contribution in [2.45, 2.75) is 0 Å². The van der Waals surface area contributed by atoms with Crippen LogP contribution in [0.2, 0.25) is 0 Å². The molecule has 0 saturated heterocycles. The third-order valence-electron chi connectivity index (χ3n) is 2.09. The maximum Gasteiger partial charge on any atom is 0.284 e. The molecule has 0 aliphatic heterocycles. The lowest BCUT2D eigenvalue weighted by molar-refractivity contribution is -0.385. The molecule has 1 amide bonds. The van der Waals surface area contributed by atoms with Gasteiger partial charge in [-0.25, -0.2) is 13.6 Å². The molecule has 3 N–H and O–H groups in total. The summed E-state index contributed by atoms with van der Waals surface area (Å²) in [5, 5.41) is 17.8. The van der Waals surface area contributed by atoms with Crippen molar-refractivity contribution in [2.24, 2.45) is 5.14 Å². The van der Waals surface area contributed by atoms with E-state index in [9.17, 15) is 23.3 Å². The van der Waals surface area contributed by atoms with Gasteiger partial charge in [0.05, 0.1) is 16.2 Å². The van der Waals surface area contributed by atoms with E-state index in [4.69, 9.17) is 5.14 Å². The van der Waals surface area contributed by atoms with E-state index in [0.29, 0.717) is 0 Å². The monoisotopic (exact) mass is 351 g/mol. The van der Waals surface area contributed by atoms with Crippen molar-refractivity contribution in [1.29, 1.82) is 0 Å². The van der Waals surface area contributed by atoms with Crippen LogP contribution in [0.5, 0.6) is 0 Å². The average molecular weight is 352 g/mol. The van der Waals surface area contributed by atoms with E-state index in [1.807, 2.05) is 0 Å². The van der Waals surface area contributed by atoms with E-state index in [-0.39, 0.29) is 22.3 Å². The van der Waals surface area contributed by atoms with Crippen LogP contribution in [-0.4, -0.2) is 31.5 Å². The molecule has 0 aromatic heterocycles. The molecule has 0 saturated carbocycles. The summed E-state index contributed by atoms with van der Waals surface area (Å²) < 4.78 is 21.4. The standard InChI is InChI=1S/C9H10BrN3O5S/c10-8-6(2-1-3-7(8)13(15)16)9(14)12-4-5-19(11,17)18/h1-3H,4-5H2,(H,12,14)(H2,11,17,18). The predicted molar refractivity (Wildman–Crippen MR) is 71.1 cm³/mol. The molecule has 0 unspecified atom stereocenters. The molecule has 8 nitrogen and oxygen atoms in total. The average Bonchev–Trinajstić information content (AvgIpc) is 2.26. The van der Waals surface area contributed by atoms with Gasteiger partial charge in [-0.1, -0.05) is 6.07 Å². The first-order valence-electron chi connectivity index (χ1n) is 4.94. The zero-order valence-corrected chi connectivity index (χ0v) is 11.9. The van der Waals surface area contributed by atoms with Crippen LogP contribution in [0.1, 0.15) is 10.4 Å². The summed E-state index contributed by atoms with van der Waals surface area (Å²) in [6.45, 7) is -0.174. The second kappa shape index (κ2) is 6.08. The molecule has 0 spiro atoms. The summed E-state index contributed by atoms with van der Waals surface area (Å²) in [5.74, 6) is -1.04. The van der Waals surface area contributed by atoms with Crippen molar-refractivity contribution in [2.75, 3.05) is 12.3 Å². The van der Waals surface area contributed by atoms with Gasteiger partial charge in [-0.2, -0.15) is 0 Å². The van der Waals surface area contributed by atoms with E-state index < -0.39 is 26.6 Å². The highest BCUT2D eigenvalue weighted by atomic mass is 79.9. The van der Waals surface area contributed by atoms with Gasteiger partial charge in [0.25, 0.3) is 11.6 Å². The lowest BCUT2D eigenvalue weighted by Crippen LogP contribution is -2.31. The van der Waals surface area contributed by atoms with Crippen molar-refractivity contribution in [3.8, 4) is 0 Å². The van der Waals surface area contributed by atoms with E-state index >= 15 is 0 Å². The molecule has 1 aromatic carbocycles. The molecule has 0 aliphatic carbocycles. The molecule has 0 bridgehead atoms. The Hall–Kier alpha value is -1.52. The lowest BCUT2D eigenvalue weighted by atomic mass is 10.2. The predicted octanol–water partition coefficient (Wildman–Crippen LogP) is 0.376. The number of nitro groups is 1. The minimum atomic E-state index is -3.67. The van der Waals surface area contributed by atoms with Crippen molar-refractivity contribution >= 4 is 37.5 Å². The van der Waals surface area contributed by atoms with Gasteiger partial charge in [0.2, 0.25) is 10.0 Å². The number of carbonyl (C=O) groups excluding carboxylic acids is 1. The van der Waals surface area contributed by atoms with Gasteiger partial charge >= 0.3 is 0 Å². The third kappa shape index (κ3) is 4.58. The minimum absolute atomic E-state index is 0.0353. The van der Waals surface area contributed by atoms with Crippen LogP contribution in [0, 0.1) is 10.1 Å². The number of nitrogens with zero attached hydrogens (tertiary/aromatic N) is 1. The number of benzene rings is 1. The number of sulfonamides is 1. The number of halogens is 1. The van der Waals surface area contributed by atoms with Gasteiger partial charge in [-0.15, -0.1) is 0 Å². The SMILES string of the molecule is NS(=O)(=O)CCNC(=O)c1cccc([N+](=O)[O-])c1Br. The lowest BCUT2D eigenvalue weighted by Gasteiger charge is -2.06. The summed E-state index contributed by atoms with van der Waals surface area (Å²) >= 11 is 2.97. The van der Waals surface area contributed by atoms with Crippen molar-refractivity contribution in [1.82, 2.24) is 5.32 Å². The molecule has 0 heterocycles. The summed E-state index contributed by atoms with van der Waals surface area (Å²) in [6, 6.07) is 3.98. The Balaban J connectivity index is 2.83. The number of carbonyl (C=O) groups is 1. The highest BCUT2D eigenvalue weighted by Crippen LogP contribution is 2.28. The third-order valence-corrected chi connectivity index (χ3v) is 3.70. The zero-order chi connectivity index (χ0) is 14.6. The van der Waals surface area contributed by atoms with Crippen molar-refractivity contribution in [3.05, 3.63) is 38.3 Å². The second-order valence-electron chi connectivity index (χ2n) is 3.52. The fourth-order valence-electron chi connectivity index (χ4n) is 1.24. The molecule has 0 radical (unpaired) electrons. The first-order chi connectivity index (χ1) is 8.72. The van der Waals surface area contributed by atoms with E-state index in [1.165, 1.54) is 18.2 Å². The van der Waals surface area contributed by atoms with Gasteiger partial charge in [0, 0.05) is 12.6 Å². The van der Waals surface area contributed by atoms with Crippen LogP contribution in [0.4, 0.5) is 5.69 Å². The Morgan fingerprint density at radius 2 is 2.11 bits per heavy atom. The maximum atomic E-state index is 11.7. The Labute approximate surface area is 117 Å². The Morgan fingerprint density at radius 1 is 1.47 bits per heavy atom. The van der Waals surface area contributed by atoms with Gasteiger partial charge < -0.3 is 5.32 Å². The summed E-state index contributed by atoms with van der Waals surface area (Å²) in [7, 11) is -3.67. The van der Waals surface area contributed by atoms with E-state index in [2.05, 4.69) is 21.2 Å². The quantitative estimate of drug-likeness (QED) is 0.584. The number of hydrogen-bond donors (Lipinski definition) is 2. The number of rotatable bonds is 5.